The van der Waals surface area contributed by atoms with Gasteiger partial charge in [0, 0.05) is 23.8 Å². The fraction of sp³-hybridized carbons (Fsp3) is 0.304. The summed E-state index contributed by atoms with van der Waals surface area (Å²) in [6.07, 6.45) is -8.56. The molecule has 2 heterocycles. The van der Waals surface area contributed by atoms with Gasteiger partial charge < -0.3 is 44.2 Å². The number of aliphatic hydroxyl groups is 3. The number of phenols is 2. The number of hydrogen-bond acceptors (Lipinski definition) is 11. The van der Waals surface area contributed by atoms with E-state index in [1.54, 1.807) is 6.92 Å². The Morgan fingerprint density at radius 2 is 1.71 bits per heavy atom. The Bertz CT molecular complexity index is 1250. The third kappa shape index (κ3) is 4.41. The van der Waals surface area contributed by atoms with Crippen molar-refractivity contribution in [2.45, 2.75) is 37.6 Å². The van der Waals surface area contributed by atoms with Crippen LogP contribution in [0.4, 0.5) is 0 Å². The molecule has 1 fully saturated rings. The summed E-state index contributed by atoms with van der Waals surface area (Å²) in [6.45, 7) is 1.54. The monoisotopic (exact) mass is 474 g/mol. The van der Waals surface area contributed by atoms with Gasteiger partial charge in [0.05, 0.1) is 6.61 Å². The number of carbonyl (C=O) groups is 1. The van der Waals surface area contributed by atoms with Gasteiger partial charge in [-0.25, -0.2) is 4.79 Å². The van der Waals surface area contributed by atoms with E-state index >= 15 is 0 Å². The number of hydrogen-bond donors (Lipinski definition) is 5. The quantitative estimate of drug-likeness (QED) is 0.328. The van der Waals surface area contributed by atoms with Crippen molar-refractivity contribution >= 4 is 16.9 Å². The Morgan fingerprint density at radius 1 is 1.00 bits per heavy atom. The molecule has 1 aliphatic rings. The van der Waals surface area contributed by atoms with Crippen LogP contribution in [0.2, 0.25) is 0 Å². The molecular weight excluding hydrogens is 452 g/mol. The molecule has 11 nitrogen and oxygen atoms in total. The third-order valence-electron chi connectivity index (χ3n) is 5.28. The summed E-state index contributed by atoms with van der Waals surface area (Å²) in [6, 6.07) is 9.42. The van der Waals surface area contributed by atoms with E-state index in [1.807, 2.05) is 0 Å². The van der Waals surface area contributed by atoms with E-state index < -0.39 is 47.9 Å². The average Bonchev–Trinajstić information content (AvgIpc) is 2.79. The lowest BCUT2D eigenvalue weighted by atomic mass is 9.99. The Hall–Kier alpha value is -3.64. The van der Waals surface area contributed by atoms with E-state index in [4.69, 9.17) is 18.6 Å². The Kier molecular flexibility index (Phi) is 6.44. The number of ether oxygens (including phenoxy) is 3. The molecule has 0 bridgehead atoms. The molecule has 11 heteroatoms. The first-order chi connectivity index (χ1) is 16.2. The number of benzene rings is 2. The summed E-state index contributed by atoms with van der Waals surface area (Å²) in [4.78, 5) is 24.6. The number of phenolic OH excluding ortho intramolecular Hbond substituents is 2. The highest BCUT2D eigenvalue weighted by Gasteiger charge is 2.48. The highest BCUT2D eigenvalue weighted by atomic mass is 16.7. The first-order valence-corrected chi connectivity index (χ1v) is 10.3. The molecule has 0 unspecified atom stereocenters. The summed E-state index contributed by atoms with van der Waals surface area (Å²) in [5, 5.41) is 50.2. The van der Waals surface area contributed by atoms with Crippen molar-refractivity contribution in [1.82, 2.24) is 0 Å². The first-order valence-electron chi connectivity index (χ1n) is 10.3. The number of carbonyl (C=O) groups excluding carboxylic acids is 1. The Balaban J connectivity index is 1.68. The van der Waals surface area contributed by atoms with Gasteiger partial charge in [-0.2, -0.15) is 0 Å². The fourth-order valence-electron chi connectivity index (χ4n) is 3.58. The number of fused-ring (bicyclic) bond motifs is 1. The van der Waals surface area contributed by atoms with Gasteiger partial charge in [0.2, 0.25) is 6.29 Å². The fourth-order valence-corrected chi connectivity index (χ4v) is 3.58. The zero-order valence-electron chi connectivity index (χ0n) is 17.8. The average molecular weight is 474 g/mol. The summed E-state index contributed by atoms with van der Waals surface area (Å²) >= 11 is 0. The van der Waals surface area contributed by atoms with Gasteiger partial charge in [0.1, 0.15) is 52.3 Å². The smallest absolute Gasteiger partial charge is 0.338 e. The van der Waals surface area contributed by atoms with Crippen LogP contribution in [-0.4, -0.2) is 68.8 Å². The molecule has 0 saturated carbocycles. The van der Waals surface area contributed by atoms with Gasteiger partial charge in [0.15, 0.2) is 11.5 Å². The van der Waals surface area contributed by atoms with Crippen molar-refractivity contribution in [1.29, 1.82) is 0 Å². The maximum Gasteiger partial charge on any atom is 0.338 e. The molecule has 0 amide bonds. The molecule has 5 N–H and O–H groups in total. The van der Waals surface area contributed by atoms with Crippen LogP contribution in [0.5, 0.6) is 17.2 Å². The first kappa shape index (κ1) is 23.5. The van der Waals surface area contributed by atoms with E-state index in [0.717, 1.165) is 6.07 Å². The van der Waals surface area contributed by atoms with Crippen molar-refractivity contribution in [3.8, 4) is 28.6 Å². The number of rotatable bonds is 5. The highest BCUT2D eigenvalue weighted by molar-refractivity contribution is 5.86. The second-order valence-electron chi connectivity index (χ2n) is 7.60. The van der Waals surface area contributed by atoms with Gasteiger partial charge in [-0.1, -0.05) is 0 Å². The summed E-state index contributed by atoms with van der Waals surface area (Å²) < 4.78 is 21.4. The van der Waals surface area contributed by atoms with Crippen molar-refractivity contribution in [3.63, 3.8) is 0 Å². The maximum absolute atomic E-state index is 12.6. The Morgan fingerprint density at radius 3 is 2.38 bits per heavy atom. The van der Waals surface area contributed by atoms with E-state index in [1.165, 1.54) is 36.4 Å². The molecular formula is C23H22O11. The molecule has 1 aliphatic heterocycles. The largest absolute Gasteiger partial charge is 0.508 e. The molecule has 0 spiro atoms. The van der Waals surface area contributed by atoms with Crippen molar-refractivity contribution in [2.75, 3.05) is 6.61 Å². The predicted octanol–water partition coefficient (Wildman–Crippen LogP) is 0.621. The molecule has 2 aromatic carbocycles. The Labute approximate surface area is 192 Å². The van der Waals surface area contributed by atoms with E-state index in [9.17, 15) is 35.1 Å². The van der Waals surface area contributed by atoms with Crippen molar-refractivity contribution < 1.29 is 49.0 Å². The minimum Gasteiger partial charge on any atom is -0.508 e. The summed E-state index contributed by atoms with van der Waals surface area (Å²) in [7, 11) is 0. The van der Waals surface area contributed by atoms with Crippen LogP contribution < -0.4 is 10.2 Å². The van der Waals surface area contributed by atoms with Gasteiger partial charge in [0.25, 0.3) is 0 Å². The van der Waals surface area contributed by atoms with Crippen LogP contribution in [0.15, 0.2) is 51.7 Å². The van der Waals surface area contributed by atoms with E-state index in [-0.39, 0.29) is 34.8 Å². The lowest BCUT2D eigenvalue weighted by Gasteiger charge is -2.38. The third-order valence-corrected chi connectivity index (χ3v) is 5.28. The van der Waals surface area contributed by atoms with Gasteiger partial charge in [-0.3, -0.25) is 4.79 Å². The van der Waals surface area contributed by atoms with Gasteiger partial charge in [-0.15, -0.1) is 0 Å². The van der Waals surface area contributed by atoms with Crippen LogP contribution in [0.25, 0.3) is 22.3 Å². The van der Waals surface area contributed by atoms with Gasteiger partial charge in [-0.05, 0) is 31.2 Å². The van der Waals surface area contributed by atoms with E-state index in [0.29, 0.717) is 5.56 Å². The maximum atomic E-state index is 12.6. The molecule has 3 aromatic rings. The lowest BCUT2D eigenvalue weighted by Crippen LogP contribution is -2.61. The molecule has 5 atom stereocenters. The summed E-state index contributed by atoms with van der Waals surface area (Å²) in [5.41, 5.74) is -0.107. The zero-order chi connectivity index (χ0) is 24.6. The molecule has 0 radical (unpaired) electrons. The van der Waals surface area contributed by atoms with E-state index in [2.05, 4.69) is 0 Å². The van der Waals surface area contributed by atoms with Crippen LogP contribution in [0.1, 0.15) is 6.92 Å². The van der Waals surface area contributed by atoms with Crippen LogP contribution in [-0.2, 0) is 14.3 Å². The van der Waals surface area contributed by atoms with Crippen LogP contribution in [0, 0.1) is 0 Å². The topological polar surface area (TPSA) is 176 Å². The molecule has 34 heavy (non-hydrogen) atoms. The van der Waals surface area contributed by atoms with Crippen LogP contribution in [0.3, 0.4) is 0 Å². The minimum absolute atomic E-state index is 0.00344. The SMILES string of the molecule is CCOC(=O)[C@@H]1O[C@@H](Oc2cc(O)c3c(=O)cc(-c4ccc(O)cc4)oc3c2)[C@H](O)[C@@H](O)[C@@H]1O. The minimum atomic E-state index is -1.79. The predicted molar refractivity (Wildman–Crippen MR) is 115 cm³/mol. The molecule has 4 rings (SSSR count). The standard InChI is InChI=1S/C23H22O11/c1-2-31-22(30)21-19(28)18(27)20(29)23(34-21)32-12-7-13(25)17-14(26)9-15(33-16(17)8-12)10-3-5-11(24)6-4-10/h3-9,18-21,23-25,27-29H,2H2,1H3/t18-,19-,20+,21+,23+/m0/s1. The lowest BCUT2D eigenvalue weighted by molar-refractivity contribution is -0.272. The highest BCUT2D eigenvalue weighted by Crippen LogP contribution is 2.33. The second kappa shape index (κ2) is 9.31. The molecule has 180 valence electrons. The normalized spacial score (nSPS) is 24.6. The zero-order valence-corrected chi connectivity index (χ0v) is 17.8. The number of esters is 1. The second-order valence-corrected chi connectivity index (χ2v) is 7.60. The number of aliphatic hydroxyl groups excluding tert-OH is 3. The van der Waals surface area contributed by atoms with Gasteiger partial charge >= 0.3 is 5.97 Å². The summed E-state index contributed by atoms with van der Waals surface area (Å²) in [5.74, 6) is -1.37. The van der Waals surface area contributed by atoms with Crippen molar-refractivity contribution in [2.24, 2.45) is 0 Å². The van der Waals surface area contributed by atoms with Crippen molar-refractivity contribution in [3.05, 3.63) is 52.7 Å². The number of aromatic hydroxyl groups is 2. The molecule has 1 aromatic heterocycles. The van der Waals surface area contributed by atoms with Crippen LogP contribution >= 0.6 is 0 Å². The molecule has 1 saturated heterocycles. The molecule has 0 aliphatic carbocycles.